The van der Waals surface area contributed by atoms with Crippen LogP contribution in [0, 0.1) is 6.92 Å². The molecule has 0 aliphatic rings. The van der Waals surface area contributed by atoms with Gasteiger partial charge in [0.2, 0.25) is 10.0 Å². The van der Waals surface area contributed by atoms with Crippen molar-refractivity contribution in [3.63, 3.8) is 0 Å². The number of aromatic nitrogens is 2. The molecule has 2 heterocycles. The van der Waals surface area contributed by atoms with Crippen molar-refractivity contribution in [2.75, 3.05) is 13.1 Å². The van der Waals surface area contributed by atoms with Gasteiger partial charge >= 0.3 is 0 Å². The topological polar surface area (TPSA) is 86.9 Å². The van der Waals surface area contributed by atoms with E-state index in [1.807, 2.05) is 24.4 Å². The normalized spacial score (nSPS) is 11.9. The van der Waals surface area contributed by atoms with Gasteiger partial charge in [-0.1, -0.05) is 13.0 Å². The fourth-order valence-electron chi connectivity index (χ4n) is 2.02. The highest BCUT2D eigenvalue weighted by Gasteiger charge is 2.23. The number of hydrogen-bond acceptors (Lipinski definition) is 5. The number of sulfonamides is 1. The van der Waals surface area contributed by atoms with Crippen molar-refractivity contribution in [1.29, 1.82) is 0 Å². The number of thiophene rings is 1. The van der Waals surface area contributed by atoms with Crippen molar-refractivity contribution in [3.8, 4) is 0 Å². The number of nitrogens with zero attached hydrogens (tertiary/aromatic N) is 1. The molecule has 116 valence electrons. The van der Waals surface area contributed by atoms with Crippen LogP contribution in [0.25, 0.3) is 0 Å². The number of nitrogens with one attached hydrogen (secondary N) is 3. The second-order valence-electron chi connectivity index (χ2n) is 4.63. The van der Waals surface area contributed by atoms with Gasteiger partial charge in [0, 0.05) is 18.0 Å². The SMILES string of the molecule is CCNCc1n[nH]c(C)c1S(=O)(=O)NCCc1cccs1. The molecular weight excluding hydrogens is 308 g/mol. The molecule has 0 amide bonds. The van der Waals surface area contributed by atoms with Crippen LogP contribution in [-0.4, -0.2) is 31.7 Å². The first kappa shape index (κ1) is 16.2. The van der Waals surface area contributed by atoms with E-state index in [0.29, 0.717) is 30.9 Å². The third kappa shape index (κ3) is 4.13. The number of aryl methyl sites for hydroxylation is 1. The Morgan fingerprint density at radius 1 is 1.43 bits per heavy atom. The quantitative estimate of drug-likeness (QED) is 0.684. The lowest BCUT2D eigenvalue weighted by atomic mass is 10.3. The lowest BCUT2D eigenvalue weighted by molar-refractivity contribution is 0.578. The lowest BCUT2D eigenvalue weighted by Crippen LogP contribution is -2.27. The molecule has 2 rings (SSSR count). The van der Waals surface area contributed by atoms with Crippen molar-refractivity contribution >= 4 is 21.4 Å². The van der Waals surface area contributed by atoms with E-state index < -0.39 is 10.0 Å². The number of rotatable bonds is 8. The smallest absolute Gasteiger partial charge is 0.244 e. The molecule has 2 aromatic heterocycles. The molecule has 0 spiro atoms. The molecule has 0 fully saturated rings. The summed E-state index contributed by atoms with van der Waals surface area (Å²) in [6, 6.07) is 3.96. The molecule has 8 heteroatoms. The van der Waals surface area contributed by atoms with Gasteiger partial charge in [0.25, 0.3) is 0 Å². The molecule has 3 N–H and O–H groups in total. The van der Waals surface area contributed by atoms with E-state index in [-0.39, 0.29) is 4.90 Å². The highest BCUT2D eigenvalue weighted by atomic mass is 32.2. The second-order valence-corrected chi connectivity index (χ2v) is 7.37. The molecular formula is C13H20N4O2S2. The average Bonchev–Trinajstić information content (AvgIpc) is 3.06. The maximum atomic E-state index is 12.4. The van der Waals surface area contributed by atoms with Crippen LogP contribution in [0.2, 0.25) is 0 Å². The van der Waals surface area contributed by atoms with Crippen LogP contribution in [0.5, 0.6) is 0 Å². The summed E-state index contributed by atoms with van der Waals surface area (Å²) in [6.45, 7) is 5.26. The van der Waals surface area contributed by atoms with Gasteiger partial charge in [0.05, 0.1) is 11.4 Å². The number of hydrogen-bond donors (Lipinski definition) is 3. The Morgan fingerprint density at radius 3 is 2.90 bits per heavy atom. The van der Waals surface area contributed by atoms with Crippen LogP contribution in [0.15, 0.2) is 22.4 Å². The highest BCUT2D eigenvalue weighted by Crippen LogP contribution is 2.17. The van der Waals surface area contributed by atoms with E-state index in [2.05, 4.69) is 20.2 Å². The fraction of sp³-hybridized carbons (Fsp3) is 0.462. The Bertz CT molecular complexity index is 662. The van der Waals surface area contributed by atoms with Crippen molar-refractivity contribution < 1.29 is 8.42 Å². The summed E-state index contributed by atoms with van der Waals surface area (Å²) in [5, 5.41) is 11.9. The Hall–Kier alpha value is -1.22. The first-order valence-electron chi connectivity index (χ1n) is 6.81. The largest absolute Gasteiger partial charge is 0.311 e. The summed E-state index contributed by atoms with van der Waals surface area (Å²) in [7, 11) is -3.54. The second kappa shape index (κ2) is 7.17. The maximum Gasteiger partial charge on any atom is 0.244 e. The highest BCUT2D eigenvalue weighted by molar-refractivity contribution is 7.89. The zero-order valence-corrected chi connectivity index (χ0v) is 13.8. The van der Waals surface area contributed by atoms with Crippen LogP contribution in [0.4, 0.5) is 0 Å². The van der Waals surface area contributed by atoms with Crippen LogP contribution >= 0.6 is 11.3 Å². The Morgan fingerprint density at radius 2 is 2.24 bits per heavy atom. The molecule has 0 saturated carbocycles. The van der Waals surface area contributed by atoms with Gasteiger partial charge in [-0.15, -0.1) is 11.3 Å². The molecule has 0 radical (unpaired) electrons. The average molecular weight is 328 g/mol. The molecule has 0 unspecified atom stereocenters. The van der Waals surface area contributed by atoms with Crippen molar-refractivity contribution in [2.45, 2.75) is 31.7 Å². The molecule has 2 aromatic rings. The molecule has 0 aromatic carbocycles. The summed E-state index contributed by atoms with van der Waals surface area (Å²) in [5.74, 6) is 0. The maximum absolute atomic E-state index is 12.4. The summed E-state index contributed by atoms with van der Waals surface area (Å²) in [5.41, 5.74) is 1.09. The van der Waals surface area contributed by atoms with E-state index in [4.69, 9.17) is 0 Å². The standard InChI is InChI=1S/C13H20N4O2S2/c1-3-14-9-12-13(10(2)16-17-12)21(18,19)15-7-6-11-5-4-8-20-11/h4-5,8,14-15H,3,6-7,9H2,1-2H3,(H,16,17). The summed E-state index contributed by atoms with van der Waals surface area (Å²) in [4.78, 5) is 1.42. The van der Waals surface area contributed by atoms with E-state index in [0.717, 1.165) is 11.4 Å². The Labute approximate surface area is 129 Å². The van der Waals surface area contributed by atoms with Crippen molar-refractivity contribution in [2.24, 2.45) is 0 Å². The Kier molecular flexibility index (Phi) is 5.51. The molecule has 6 nitrogen and oxygen atoms in total. The van der Waals surface area contributed by atoms with Crippen molar-refractivity contribution in [3.05, 3.63) is 33.8 Å². The minimum atomic E-state index is -3.54. The summed E-state index contributed by atoms with van der Waals surface area (Å²) >= 11 is 1.63. The number of H-pyrrole nitrogens is 1. The first-order chi connectivity index (χ1) is 10.0. The van der Waals surface area contributed by atoms with Gasteiger partial charge in [0.15, 0.2) is 0 Å². The van der Waals surface area contributed by atoms with E-state index in [1.165, 1.54) is 0 Å². The van der Waals surface area contributed by atoms with Crippen LogP contribution in [0.1, 0.15) is 23.2 Å². The van der Waals surface area contributed by atoms with Gasteiger partial charge in [-0.2, -0.15) is 5.10 Å². The summed E-state index contributed by atoms with van der Waals surface area (Å²) in [6.07, 6.45) is 0.691. The monoisotopic (exact) mass is 328 g/mol. The predicted molar refractivity (Wildman–Crippen MR) is 83.9 cm³/mol. The van der Waals surface area contributed by atoms with E-state index >= 15 is 0 Å². The van der Waals surface area contributed by atoms with Gasteiger partial charge in [-0.25, -0.2) is 13.1 Å². The third-order valence-corrected chi connectivity index (χ3v) is 5.62. The van der Waals surface area contributed by atoms with Crippen LogP contribution in [0.3, 0.4) is 0 Å². The minimum absolute atomic E-state index is 0.259. The van der Waals surface area contributed by atoms with Gasteiger partial charge in [-0.05, 0) is 31.3 Å². The van der Waals surface area contributed by atoms with Crippen molar-refractivity contribution in [1.82, 2.24) is 20.2 Å². The number of aromatic amines is 1. The predicted octanol–water partition coefficient (Wildman–Crippen LogP) is 1.41. The molecule has 0 aliphatic carbocycles. The van der Waals surface area contributed by atoms with Gasteiger partial charge < -0.3 is 5.32 Å². The van der Waals surface area contributed by atoms with Crippen LogP contribution < -0.4 is 10.0 Å². The zero-order chi connectivity index (χ0) is 15.3. The summed E-state index contributed by atoms with van der Waals surface area (Å²) < 4.78 is 27.5. The molecule has 0 saturated heterocycles. The molecule has 0 bridgehead atoms. The lowest BCUT2D eigenvalue weighted by Gasteiger charge is -2.08. The third-order valence-electron chi connectivity index (χ3n) is 3.02. The van der Waals surface area contributed by atoms with Gasteiger partial charge in [-0.3, -0.25) is 5.10 Å². The van der Waals surface area contributed by atoms with Gasteiger partial charge in [0.1, 0.15) is 4.90 Å². The molecule has 0 aliphatic heterocycles. The fourth-order valence-corrected chi connectivity index (χ4v) is 4.13. The molecule has 0 atom stereocenters. The molecule has 21 heavy (non-hydrogen) atoms. The van der Waals surface area contributed by atoms with E-state index in [1.54, 1.807) is 18.3 Å². The first-order valence-corrected chi connectivity index (χ1v) is 9.17. The minimum Gasteiger partial charge on any atom is -0.311 e. The Balaban J connectivity index is 2.06. The van der Waals surface area contributed by atoms with E-state index in [9.17, 15) is 8.42 Å². The zero-order valence-electron chi connectivity index (χ0n) is 12.1. The van der Waals surface area contributed by atoms with Crippen LogP contribution in [-0.2, 0) is 23.0 Å².